The molecule has 0 saturated heterocycles. The fourth-order valence-electron chi connectivity index (χ4n) is 1.40. The van der Waals surface area contributed by atoms with E-state index in [1.54, 1.807) is 11.9 Å². The van der Waals surface area contributed by atoms with Gasteiger partial charge in [0.1, 0.15) is 0 Å². The smallest absolute Gasteiger partial charge is 0.317 e. The molecule has 15 heavy (non-hydrogen) atoms. The zero-order valence-corrected chi connectivity index (χ0v) is 9.69. The highest BCUT2D eigenvalue weighted by Crippen LogP contribution is 2.19. The fourth-order valence-corrected chi connectivity index (χ4v) is 1.40. The second-order valence-electron chi connectivity index (χ2n) is 4.04. The molecule has 0 amide bonds. The molecule has 1 atom stereocenters. The number of alkyl halides is 3. The van der Waals surface area contributed by atoms with Gasteiger partial charge in [0.05, 0.1) is 6.42 Å². The lowest BCUT2D eigenvalue weighted by atomic mass is 10.1. The largest absolute Gasteiger partial charge is 0.390 e. The van der Waals surface area contributed by atoms with E-state index in [1.165, 1.54) is 0 Å². The van der Waals surface area contributed by atoms with Gasteiger partial charge in [0.2, 0.25) is 0 Å². The van der Waals surface area contributed by atoms with Gasteiger partial charge in [-0.3, -0.25) is 0 Å². The van der Waals surface area contributed by atoms with Crippen molar-refractivity contribution < 1.29 is 13.2 Å². The van der Waals surface area contributed by atoms with E-state index in [9.17, 15) is 13.2 Å². The summed E-state index contributed by atoms with van der Waals surface area (Å²) in [4.78, 5) is 1.73. The standard InChI is InChI=1S/C10H21F3N2/c1-4-14-7-9(2)8-15(3)6-5-10(11,12)13/h9,14H,4-8H2,1-3H3. The summed E-state index contributed by atoms with van der Waals surface area (Å²) in [6.45, 7) is 6.58. The molecule has 0 aromatic rings. The van der Waals surface area contributed by atoms with Gasteiger partial charge in [-0.15, -0.1) is 0 Å². The van der Waals surface area contributed by atoms with Gasteiger partial charge in [0, 0.05) is 13.1 Å². The SMILES string of the molecule is CCNCC(C)CN(C)CCC(F)(F)F. The van der Waals surface area contributed by atoms with Crippen LogP contribution >= 0.6 is 0 Å². The Bertz CT molecular complexity index is 159. The molecule has 0 spiro atoms. The first kappa shape index (κ1) is 14.7. The van der Waals surface area contributed by atoms with Crippen LogP contribution in [0, 0.1) is 5.92 Å². The van der Waals surface area contributed by atoms with Gasteiger partial charge in [0.25, 0.3) is 0 Å². The summed E-state index contributed by atoms with van der Waals surface area (Å²) < 4.78 is 35.8. The Hall–Kier alpha value is -0.290. The third kappa shape index (κ3) is 10.0. The summed E-state index contributed by atoms with van der Waals surface area (Å²) in [5.74, 6) is 0.378. The van der Waals surface area contributed by atoms with Crippen LogP contribution in [0.3, 0.4) is 0 Å². The van der Waals surface area contributed by atoms with E-state index in [4.69, 9.17) is 0 Å². The van der Waals surface area contributed by atoms with Crippen LogP contribution in [0.5, 0.6) is 0 Å². The second-order valence-corrected chi connectivity index (χ2v) is 4.04. The van der Waals surface area contributed by atoms with Crippen molar-refractivity contribution in [3.05, 3.63) is 0 Å². The predicted molar refractivity (Wildman–Crippen MR) is 55.9 cm³/mol. The zero-order chi connectivity index (χ0) is 11.9. The molecule has 1 unspecified atom stereocenters. The number of nitrogens with zero attached hydrogens (tertiary/aromatic N) is 1. The quantitative estimate of drug-likeness (QED) is 0.715. The van der Waals surface area contributed by atoms with Crippen LogP contribution in [0.4, 0.5) is 13.2 Å². The number of nitrogens with one attached hydrogen (secondary N) is 1. The Balaban J connectivity index is 3.59. The van der Waals surface area contributed by atoms with Gasteiger partial charge < -0.3 is 10.2 Å². The van der Waals surface area contributed by atoms with Gasteiger partial charge in [-0.05, 0) is 26.1 Å². The molecule has 2 nitrogen and oxygen atoms in total. The summed E-state index contributed by atoms with van der Waals surface area (Å²) in [6.07, 6.45) is -4.77. The molecule has 92 valence electrons. The van der Waals surface area contributed by atoms with Gasteiger partial charge in [-0.25, -0.2) is 0 Å². The first-order valence-corrected chi connectivity index (χ1v) is 5.31. The first-order chi connectivity index (χ1) is 6.85. The lowest BCUT2D eigenvalue weighted by molar-refractivity contribution is -0.137. The molecule has 0 aliphatic rings. The molecule has 1 N–H and O–H groups in total. The molecule has 0 aliphatic heterocycles. The Morgan fingerprint density at radius 1 is 1.33 bits per heavy atom. The molecular weight excluding hydrogens is 205 g/mol. The Morgan fingerprint density at radius 2 is 1.93 bits per heavy atom. The highest BCUT2D eigenvalue weighted by molar-refractivity contribution is 4.63. The Kier molecular flexibility index (Phi) is 6.92. The Labute approximate surface area is 89.8 Å². The molecular formula is C10H21F3N2. The minimum atomic E-state index is -4.04. The maximum atomic E-state index is 11.9. The molecule has 0 radical (unpaired) electrons. The molecule has 5 heteroatoms. The van der Waals surface area contributed by atoms with E-state index in [-0.39, 0.29) is 6.54 Å². The second kappa shape index (κ2) is 7.06. The topological polar surface area (TPSA) is 15.3 Å². The van der Waals surface area contributed by atoms with E-state index >= 15 is 0 Å². The van der Waals surface area contributed by atoms with Crippen LogP contribution in [0.15, 0.2) is 0 Å². The summed E-state index contributed by atoms with van der Waals surface area (Å²) in [5.41, 5.74) is 0. The van der Waals surface area contributed by atoms with E-state index in [0.717, 1.165) is 13.1 Å². The van der Waals surface area contributed by atoms with Crippen LogP contribution in [0.2, 0.25) is 0 Å². The first-order valence-electron chi connectivity index (χ1n) is 5.31. The van der Waals surface area contributed by atoms with Crippen molar-refractivity contribution >= 4 is 0 Å². The van der Waals surface area contributed by atoms with Crippen LogP contribution < -0.4 is 5.32 Å². The highest BCUT2D eigenvalue weighted by atomic mass is 19.4. The van der Waals surface area contributed by atoms with E-state index < -0.39 is 12.6 Å². The lowest BCUT2D eigenvalue weighted by Crippen LogP contribution is -2.33. The molecule has 0 fully saturated rings. The molecule has 0 saturated carbocycles. The van der Waals surface area contributed by atoms with E-state index in [1.807, 2.05) is 13.8 Å². The van der Waals surface area contributed by atoms with Gasteiger partial charge >= 0.3 is 6.18 Å². The number of halogens is 3. The van der Waals surface area contributed by atoms with Crippen molar-refractivity contribution in [1.29, 1.82) is 0 Å². The van der Waals surface area contributed by atoms with Crippen molar-refractivity contribution in [3.8, 4) is 0 Å². The van der Waals surface area contributed by atoms with Crippen molar-refractivity contribution in [2.24, 2.45) is 5.92 Å². The van der Waals surface area contributed by atoms with Crippen LogP contribution in [-0.4, -0.2) is 44.3 Å². The average molecular weight is 226 g/mol. The van der Waals surface area contributed by atoms with Gasteiger partial charge in [0.15, 0.2) is 0 Å². The van der Waals surface area contributed by atoms with Crippen molar-refractivity contribution in [3.63, 3.8) is 0 Å². The third-order valence-corrected chi connectivity index (χ3v) is 2.14. The van der Waals surface area contributed by atoms with Crippen LogP contribution in [-0.2, 0) is 0 Å². The summed E-state index contributed by atoms with van der Waals surface area (Å²) in [5, 5.41) is 3.18. The lowest BCUT2D eigenvalue weighted by Gasteiger charge is -2.21. The third-order valence-electron chi connectivity index (χ3n) is 2.14. The summed E-state index contributed by atoms with van der Waals surface area (Å²) in [6, 6.07) is 0. The molecule has 0 aromatic carbocycles. The average Bonchev–Trinajstić information content (AvgIpc) is 2.10. The summed E-state index contributed by atoms with van der Waals surface area (Å²) >= 11 is 0. The van der Waals surface area contributed by atoms with Crippen molar-refractivity contribution in [2.75, 3.05) is 33.2 Å². The zero-order valence-electron chi connectivity index (χ0n) is 9.69. The van der Waals surface area contributed by atoms with E-state index in [2.05, 4.69) is 5.32 Å². The van der Waals surface area contributed by atoms with Gasteiger partial charge in [-0.2, -0.15) is 13.2 Å². The molecule has 0 bridgehead atoms. The highest BCUT2D eigenvalue weighted by Gasteiger charge is 2.27. The van der Waals surface area contributed by atoms with Crippen molar-refractivity contribution in [2.45, 2.75) is 26.4 Å². The number of hydrogen-bond donors (Lipinski definition) is 1. The normalized spacial score (nSPS) is 14.6. The minimum Gasteiger partial charge on any atom is -0.317 e. The van der Waals surface area contributed by atoms with Crippen LogP contribution in [0.1, 0.15) is 20.3 Å². The molecule has 0 heterocycles. The predicted octanol–water partition coefficient (Wildman–Crippen LogP) is 2.12. The van der Waals surface area contributed by atoms with E-state index in [0.29, 0.717) is 12.5 Å². The van der Waals surface area contributed by atoms with Crippen LogP contribution in [0.25, 0.3) is 0 Å². The Morgan fingerprint density at radius 3 is 2.40 bits per heavy atom. The fraction of sp³-hybridized carbons (Fsp3) is 1.00. The molecule has 0 aromatic heterocycles. The number of hydrogen-bond acceptors (Lipinski definition) is 2. The summed E-state index contributed by atoms with van der Waals surface area (Å²) in [7, 11) is 1.73. The monoisotopic (exact) mass is 226 g/mol. The maximum Gasteiger partial charge on any atom is 0.390 e. The maximum absolute atomic E-state index is 11.9. The van der Waals surface area contributed by atoms with Gasteiger partial charge in [-0.1, -0.05) is 13.8 Å². The minimum absolute atomic E-state index is 0.0833. The molecule has 0 aliphatic carbocycles. The molecule has 0 rings (SSSR count). The van der Waals surface area contributed by atoms with Crippen molar-refractivity contribution in [1.82, 2.24) is 10.2 Å². The number of rotatable bonds is 7.